The second-order valence-corrected chi connectivity index (χ2v) is 11.4. The first kappa shape index (κ1) is 26.2. The van der Waals surface area contributed by atoms with Crippen LogP contribution in [0.25, 0.3) is 11.3 Å². The fourth-order valence-corrected chi connectivity index (χ4v) is 6.60. The summed E-state index contributed by atoms with van der Waals surface area (Å²) >= 11 is 1.52. The smallest absolute Gasteiger partial charge is 0.243 e. The van der Waals surface area contributed by atoms with Crippen LogP contribution in [0.2, 0.25) is 0 Å². The first-order chi connectivity index (χ1) is 18.5. The van der Waals surface area contributed by atoms with Crippen LogP contribution in [0.4, 0.5) is 5.69 Å². The van der Waals surface area contributed by atoms with Crippen LogP contribution in [0.3, 0.4) is 0 Å². The zero-order valence-corrected chi connectivity index (χ0v) is 22.9. The number of aromatic nitrogens is 1. The summed E-state index contributed by atoms with van der Waals surface area (Å²) in [6.07, 6.45) is 0. The van der Waals surface area contributed by atoms with E-state index in [0.29, 0.717) is 38.6 Å². The second kappa shape index (κ2) is 11.5. The lowest BCUT2D eigenvalue weighted by Gasteiger charge is -2.26. The summed E-state index contributed by atoms with van der Waals surface area (Å²) in [5.41, 5.74) is 3.66. The number of benzene rings is 3. The van der Waals surface area contributed by atoms with Crippen LogP contribution < -0.4 is 14.3 Å². The Morgan fingerprint density at radius 3 is 2.32 bits per heavy atom. The highest BCUT2D eigenvalue weighted by Crippen LogP contribution is 2.28. The van der Waals surface area contributed by atoms with Crippen molar-refractivity contribution in [1.82, 2.24) is 8.87 Å². The first-order valence-corrected chi connectivity index (χ1v) is 14.5. The van der Waals surface area contributed by atoms with Crippen LogP contribution in [0.15, 0.2) is 88.1 Å². The summed E-state index contributed by atoms with van der Waals surface area (Å²) in [4.78, 5) is 6.00. The largest absolute Gasteiger partial charge is 0.497 e. The van der Waals surface area contributed by atoms with Crippen molar-refractivity contribution < 1.29 is 22.6 Å². The average molecular weight is 552 g/mol. The number of thiazole rings is 1. The monoisotopic (exact) mass is 551 g/mol. The summed E-state index contributed by atoms with van der Waals surface area (Å²) < 4.78 is 45.9. The number of ether oxygens (including phenoxy) is 3. The molecule has 1 aliphatic heterocycles. The van der Waals surface area contributed by atoms with Gasteiger partial charge in [0.15, 0.2) is 4.80 Å². The molecule has 2 heterocycles. The molecule has 0 atom stereocenters. The van der Waals surface area contributed by atoms with Gasteiger partial charge in [-0.3, -0.25) is 0 Å². The Kier molecular flexibility index (Phi) is 7.94. The highest BCUT2D eigenvalue weighted by molar-refractivity contribution is 7.89. The molecule has 0 amide bonds. The Hall–Kier alpha value is -3.44. The molecule has 0 N–H and O–H groups in total. The summed E-state index contributed by atoms with van der Waals surface area (Å²) in [5.74, 6) is 1.48. The van der Waals surface area contributed by atoms with Gasteiger partial charge in [-0.05, 0) is 47.5 Å². The molecule has 1 aromatic heterocycles. The van der Waals surface area contributed by atoms with E-state index >= 15 is 0 Å². The van der Waals surface area contributed by atoms with Crippen molar-refractivity contribution in [2.45, 2.75) is 11.4 Å². The van der Waals surface area contributed by atoms with Gasteiger partial charge in [0.05, 0.1) is 44.6 Å². The maximum absolute atomic E-state index is 13.1. The van der Waals surface area contributed by atoms with Crippen LogP contribution in [-0.2, 0) is 21.3 Å². The van der Waals surface area contributed by atoms with Gasteiger partial charge in [-0.15, -0.1) is 11.3 Å². The van der Waals surface area contributed by atoms with Crippen molar-refractivity contribution in [3.63, 3.8) is 0 Å². The molecule has 0 unspecified atom stereocenters. The Labute approximate surface area is 226 Å². The summed E-state index contributed by atoms with van der Waals surface area (Å²) in [6, 6.07) is 22.6. The van der Waals surface area contributed by atoms with E-state index in [1.54, 1.807) is 26.4 Å². The number of rotatable bonds is 8. The van der Waals surface area contributed by atoms with Gasteiger partial charge in [0.1, 0.15) is 17.2 Å². The lowest BCUT2D eigenvalue weighted by molar-refractivity contribution is 0.0730. The topological polar surface area (TPSA) is 82.4 Å². The van der Waals surface area contributed by atoms with Gasteiger partial charge in [-0.2, -0.15) is 4.31 Å². The molecule has 8 nitrogen and oxygen atoms in total. The quantitative estimate of drug-likeness (QED) is 0.321. The van der Waals surface area contributed by atoms with Gasteiger partial charge >= 0.3 is 0 Å². The predicted octanol–water partition coefficient (Wildman–Crippen LogP) is 4.54. The van der Waals surface area contributed by atoms with E-state index in [-0.39, 0.29) is 4.90 Å². The van der Waals surface area contributed by atoms with E-state index in [1.165, 1.54) is 15.6 Å². The Balaban J connectivity index is 1.54. The Morgan fingerprint density at radius 1 is 0.921 bits per heavy atom. The van der Waals surface area contributed by atoms with Crippen LogP contribution in [0, 0.1) is 0 Å². The third-order valence-corrected chi connectivity index (χ3v) is 9.13. The van der Waals surface area contributed by atoms with Gasteiger partial charge in [-0.25, -0.2) is 13.4 Å². The number of sulfonamides is 1. The molecule has 0 bridgehead atoms. The number of para-hydroxylation sites is 2. The molecule has 0 radical (unpaired) electrons. The zero-order chi connectivity index (χ0) is 26.5. The van der Waals surface area contributed by atoms with Crippen LogP contribution in [0.5, 0.6) is 11.5 Å². The highest BCUT2D eigenvalue weighted by Gasteiger charge is 2.26. The third-order valence-electron chi connectivity index (χ3n) is 6.36. The van der Waals surface area contributed by atoms with E-state index in [0.717, 1.165) is 33.1 Å². The van der Waals surface area contributed by atoms with Crippen LogP contribution >= 0.6 is 11.3 Å². The number of nitrogens with zero attached hydrogens (tertiary/aromatic N) is 3. The van der Waals surface area contributed by atoms with Crippen molar-refractivity contribution in [1.29, 1.82) is 0 Å². The maximum Gasteiger partial charge on any atom is 0.243 e. The minimum Gasteiger partial charge on any atom is -0.497 e. The minimum absolute atomic E-state index is 0.277. The molecule has 10 heteroatoms. The molecule has 0 saturated carbocycles. The first-order valence-electron chi connectivity index (χ1n) is 12.2. The second-order valence-electron chi connectivity index (χ2n) is 8.66. The van der Waals surface area contributed by atoms with E-state index < -0.39 is 10.0 Å². The Bertz CT molecular complexity index is 1550. The molecule has 1 aliphatic rings. The molecule has 0 aliphatic carbocycles. The van der Waals surface area contributed by atoms with E-state index in [4.69, 9.17) is 19.2 Å². The summed E-state index contributed by atoms with van der Waals surface area (Å²) in [6.45, 7) is 2.13. The van der Waals surface area contributed by atoms with Gasteiger partial charge < -0.3 is 18.8 Å². The standard InChI is InChI=1S/C28H29N3O5S2/c1-34-23-11-7-21(8-12-23)19-31-26(20-37-28(31)29-25-5-3-4-6-27(25)35-2)22-9-13-24(14-10-22)38(32,33)30-15-17-36-18-16-30/h3-14,20H,15-19H2,1-2H3. The van der Waals surface area contributed by atoms with E-state index in [9.17, 15) is 8.42 Å². The molecule has 4 aromatic rings. The molecule has 198 valence electrons. The van der Waals surface area contributed by atoms with Gasteiger partial charge in [0.2, 0.25) is 10.0 Å². The molecular weight excluding hydrogens is 522 g/mol. The van der Waals surface area contributed by atoms with Crippen LogP contribution in [-0.4, -0.2) is 57.8 Å². The lowest BCUT2D eigenvalue weighted by Crippen LogP contribution is -2.40. The molecule has 1 fully saturated rings. The van der Waals surface area contributed by atoms with Crippen molar-refractivity contribution in [2.75, 3.05) is 40.5 Å². The minimum atomic E-state index is -3.56. The van der Waals surface area contributed by atoms with Gasteiger partial charge in [-0.1, -0.05) is 36.4 Å². The molecule has 1 saturated heterocycles. The molecular formula is C28H29N3O5S2. The molecule has 0 spiro atoms. The van der Waals surface area contributed by atoms with E-state index in [1.807, 2.05) is 66.0 Å². The van der Waals surface area contributed by atoms with Crippen molar-refractivity contribution in [3.05, 3.63) is 88.5 Å². The van der Waals surface area contributed by atoms with Crippen molar-refractivity contribution >= 4 is 27.0 Å². The van der Waals surface area contributed by atoms with Crippen molar-refractivity contribution in [3.8, 4) is 22.8 Å². The summed E-state index contributed by atoms with van der Waals surface area (Å²) in [7, 11) is -0.287. The molecule has 38 heavy (non-hydrogen) atoms. The molecule has 3 aromatic carbocycles. The zero-order valence-electron chi connectivity index (χ0n) is 21.2. The van der Waals surface area contributed by atoms with Crippen molar-refractivity contribution in [2.24, 2.45) is 4.99 Å². The Morgan fingerprint density at radius 2 is 1.63 bits per heavy atom. The number of morpholine rings is 1. The normalized spacial score (nSPS) is 14.9. The van der Waals surface area contributed by atoms with Gasteiger partial charge in [0, 0.05) is 18.5 Å². The fraction of sp³-hybridized carbons (Fsp3) is 0.250. The van der Waals surface area contributed by atoms with E-state index in [2.05, 4.69) is 4.57 Å². The highest BCUT2D eigenvalue weighted by atomic mass is 32.2. The number of methoxy groups -OCH3 is 2. The number of hydrogen-bond donors (Lipinski definition) is 0. The predicted molar refractivity (Wildman–Crippen MR) is 148 cm³/mol. The number of hydrogen-bond acceptors (Lipinski definition) is 7. The average Bonchev–Trinajstić information content (AvgIpc) is 3.36. The summed E-state index contributed by atoms with van der Waals surface area (Å²) in [5, 5.41) is 2.04. The SMILES string of the molecule is COc1ccc(Cn2c(-c3ccc(S(=O)(=O)N4CCOCC4)cc3)csc2=Nc2ccccc2OC)cc1. The fourth-order valence-electron chi connectivity index (χ4n) is 4.27. The maximum atomic E-state index is 13.1. The van der Waals surface area contributed by atoms with Gasteiger partial charge in [0.25, 0.3) is 0 Å². The molecule has 5 rings (SSSR count). The third kappa shape index (κ3) is 5.53. The van der Waals surface area contributed by atoms with Crippen LogP contribution in [0.1, 0.15) is 5.56 Å². The lowest BCUT2D eigenvalue weighted by atomic mass is 10.1.